The van der Waals surface area contributed by atoms with Crippen molar-refractivity contribution in [1.82, 2.24) is 10.2 Å². The van der Waals surface area contributed by atoms with Crippen LogP contribution in [0.2, 0.25) is 0 Å². The van der Waals surface area contributed by atoms with Crippen LogP contribution in [0.15, 0.2) is 12.1 Å². The fraction of sp³-hybridized carbons (Fsp3) is 0.652. The van der Waals surface area contributed by atoms with Gasteiger partial charge in [0.25, 0.3) is 5.91 Å². The maximum atomic E-state index is 13.7. The van der Waals surface area contributed by atoms with Crippen molar-refractivity contribution in [2.24, 2.45) is 0 Å². The van der Waals surface area contributed by atoms with E-state index in [1.807, 2.05) is 0 Å². The molecular weight excluding hydrogens is 482 g/mol. The first kappa shape index (κ1) is 26.9. The molecular formula is C23H28F6N2O4. The molecule has 6 nitrogen and oxygen atoms in total. The average molecular weight is 510 g/mol. The molecule has 2 aliphatic rings. The number of carbonyl (C=O) groups is 2. The minimum Gasteiger partial charge on any atom is -0.493 e. The largest absolute Gasteiger partial charge is 0.493 e. The summed E-state index contributed by atoms with van der Waals surface area (Å²) in [6, 6.07) is 1.48. The quantitative estimate of drug-likeness (QED) is 0.279. The number of unbranched alkanes of at least 4 members (excludes halogenated alkanes) is 2. The number of nitrogens with one attached hydrogen (secondary N) is 1. The lowest BCUT2D eigenvalue weighted by molar-refractivity contribution is -0.303. The van der Waals surface area contributed by atoms with E-state index < -0.39 is 47.3 Å². The lowest BCUT2D eigenvalue weighted by atomic mass is 9.80. The smallest absolute Gasteiger partial charge is 0.410 e. The Hall–Kier alpha value is -2.66. The van der Waals surface area contributed by atoms with E-state index in [1.165, 1.54) is 0 Å². The molecule has 0 bridgehead atoms. The van der Waals surface area contributed by atoms with Crippen LogP contribution in [-0.2, 0) is 16.6 Å². The van der Waals surface area contributed by atoms with Gasteiger partial charge in [-0.1, -0.05) is 19.4 Å². The predicted octanol–water partition coefficient (Wildman–Crippen LogP) is 5.27. The second kappa shape index (κ2) is 9.42. The van der Waals surface area contributed by atoms with E-state index in [1.54, 1.807) is 20.8 Å². The zero-order valence-electron chi connectivity index (χ0n) is 19.7. The molecule has 196 valence electrons. The molecule has 1 saturated heterocycles. The number of rotatable bonds is 9. The molecule has 1 fully saturated rings. The summed E-state index contributed by atoms with van der Waals surface area (Å²) in [6.07, 6.45) is -8.89. The fourth-order valence-electron chi connectivity index (χ4n) is 4.37. The van der Waals surface area contributed by atoms with Gasteiger partial charge in [-0.15, -0.1) is 0 Å². The summed E-state index contributed by atoms with van der Waals surface area (Å²) in [5.41, 5.74) is -5.78. The first-order valence-electron chi connectivity index (χ1n) is 11.4. The van der Waals surface area contributed by atoms with Gasteiger partial charge >= 0.3 is 18.4 Å². The maximum absolute atomic E-state index is 13.7. The number of amides is 3. The van der Waals surface area contributed by atoms with E-state index in [0.29, 0.717) is 25.7 Å². The normalized spacial score (nSPS) is 18.9. The molecule has 1 aromatic carbocycles. The highest BCUT2D eigenvalue weighted by Crippen LogP contribution is 2.59. The topological polar surface area (TPSA) is 67.9 Å². The predicted molar refractivity (Wildman–Crippen MR) is 113 cm³/mol. The molecule has 0 unspecified atom stereocenters. The van der Waals surface area contributed by atoms with Crippen molar-refractivity contribution in [3.8, 4) is 11.5 Å². The molecule has 0 atom stereocenters. The number of carbonyl (C=O) groups excluding carboxylic acids is 2. The van der Waals surface area contributed by atoms with Crippen molar-refractivity contribution in [3.63, 3.8) is 0 Å². The molecule has 0 spiro atoms. The zero-order valence-corrected chi connectivity index (χ0v) is 19.7. The average Bonchev–Trinajstić information content (AvgIpc) is 3.22. The van der Waals surface area contributed by atoms with Crippen molar-refractivity contribution >= 4 is 11.9 Å². The molecule has 3 rings (SSSR count). The van der Waals surface area contributed by atoms with Crippen molar-refractivity contribution in [3.05, 3.63) is 23.3 Å². The number of imide groups is 1. The van der Waals surface area contributed by atoms with E-state index in [-0.39, 0.29) is 36.8 Å². The van der Waals surface area contributed by atoms with E-state index in [4.69, 9.17) is 9.47 Å². The van der Waals surface area contributed by atoms with E-state index in [0.717, 1.165) is 17.0 Å². The fourth-order valence-corrected chi connectivity index (χ4v) is 4.37. The van der Waals surface area contributed by atoms with Crippen LogP contribution >= 0.6 is 0 Å². The summed E-state index contributed by atoms with van der Waals surface area (Å²) >= 11 is 0. The Morgan fingerprint density at radius 1 is 1.06 bits per heavy atom. The van der Waals surface area contributed by atoms with Crippen LogP contribution in [0.5, 0.6) is 11.5 Å². The Bertz CT molecular complexity index is 960. The number of hydrogen-bond donors (Lipinski definition) is 1. The van der Waals surface area contributed by atoms with Gasteiger partial charge in [-0.05, 0) is 45.6 Å². The van der Waals surface area contributed by atoms with Gasteiger partial charge in [0.1, 0.15) is 23.6 Å². The molecule has 0 saturated carbocycles. The van der Waals surface area contributed by atoms with Crippen LogP contribution in [0.25, 0.3) is 0 Å². The van der Waals surface area contributed by atoms with Crippen molar-refractivity contribution in [2.45, 2.75) is 76.2 Å². The minimum atomic E-state index is -5.58. The second-order valence-corrected chi connectivity index (χ2v) is 9.28. The number of hydrogen-bond acceptors (Lipinski definition) is 4. The number of urea groups is 1. The second-order valence-electron chi connectivity index (χ2n) is 9.28. The summed E-state index contributed by atoms with van der Waals surface area (Å²) in [5.74, 6) is -0.545. The molecule has 2 aliphatic heterocycles. The Morgan fingerprint density at radius 2 is 1.71 bits per heavy atom. The minimum absolute atomic E-state index is 0.158. The van der Waals surface area contributed by atoms with Crippen LogP contribution in [0.1, 0.15) is 57.6 Å². The lowest BCUT2D eigenvalue weighted by Crippen LogP contribution is -2.55. The first-order valence-corrected chi connectivity index (χ1v) is 11.4. The van der Waals surface area contributed by atoms with Gasteiger partial charge in [0.2, 0.25) is 5.41 Å². The molecule has 12 heteroatoms. The number of fused-ring (bicyclic) bond motifs is 1. The molecule has 0 aromatic heterocycles. The number of alkyl halides is 6. The van der Waals surface area contributed by atoms with Gasteiger partial charge in [0, 0.05) is 17.7 Å². The molecule has 3 amide bonds. The van der Waals surface area contributed by atoms with E-state index >= 15 is 0 Å². The number of benzene rings is 1. The highest BCUT2D eigenvalue weighted by Gasteiger charge is 2.75. The monoisotopic (exact) mass is 510 g/mol. The molecule has 2 heterocycles. The lowest BCUT2D eigenvalue weighted by Gasteiger charge is -2.32. The number of halogens is 6. The van der Waals surface area contributed by atoms with Gasteiger partial charge in [-0.2, -0.15) is 26.3 Å². The maximum Gasteiger partial charge on any atom is 0.410 e. The van der Waals surface area contributed by atoms with Crippen LogP contribution in [0.4, 0.5) is 31.1 Å². The third-order valence-corrected chi connectivity index (χ3v) is 6.31. The highest BCUT2D eigenvalue weighted by molar-refractivity contribution is 6.06. The van der Waals surface area contributed by atoms with Gasteiger partial charge in [-0.25, -0.2) is 4.79 Å². The van der Waals surface area contributed by atoms with Gasteiger partial charge < -0.3 is 14.8 Å². The summed E-state index contributed by atoms with van der Waals surface area (Å²) in [5, 5.41) is 2.59. The van der Waals surface area contributed by atoms with Gasteiger partial charge in [-0.3, -0.25) is 9.69 Å². The highest BCUT2D eigenvalue weighted by atomic mass is 19.4. The summed E-state index contributed by atoms with van der Waals surface area (Å²) in [7, 11) is 0. The summed E-state index contributed by atoms with van der Waals surface area (Å²) < 4.78 is 92.6. The number of ether oxygens (including phenoxy) is 2. The summed E-state index contributed by atoms with van der Waals surface area (Å²) in [6.45, 7) is 3.81. The Morgan fingerprint density at radius 3 is 2.26 bits per heavy atom. The van der Waals surface area contributed by atoms with Crippen LogP contribution in [0.3, 0.4) is 0 Å². The van der Waals surface area contributed by atoms with E-state index in [9.17, 15) is 35.9 Å². The van der Waals surface area contributed by atoms with Crippen molar-refractivity contribution in [2.75, 3.05) is 19.8 Å². The first-order chi connectivity index (χ1) is 16.2. The van der Waals surface area contributed by atoms with E-state index in [2.05, 4.69) is 5.32 Å². The Balaban J connectivity index is 1.66. The van der Waals surface area contributed by atoms with Crippen LogP contribution in [-0.4, -0.2) is 54.5 Å². The van der Waals surface area contributed by atoms with Crippen molar-refractivity contribution in [1.29, 1.82) is 0 Å². The third-order valence-electron chi connectivity index (χ3n) is 6.31. The van der Waals surface area contributed by atoms with Crippen LogP contribution < -0.4 is 14.8 Å². The molecule has 0 radical (unpaired) electrons. The van der Waals surface area contributed by atoms with Gasteiger partial charge in [0.05, 0.1) is 6.61 Å². The molecule has 35 heavy (non-hydrogen) atoms. The third kappa shape index (κ3) is 4.75. The Kier molecular flexibility index (Phi) is 7.25. The van der Waals surface area contributed by atoms with Gasteiger partial charge in [0.15, 0.2) is 0 Å². The zero-order chi connectivity index (χ0) is 26.2. The number of nitrogens with zero attached hydrogens (tertiary/aromatic N) is 1. The Labute approximate surface area is 198 Å². The van der Waals surface area contributed by atoms with Crippen LogP contribution in [0, 0.1) is 0 Å². The molecule has 1 aromatic rings. The summed E-state index contributed by atoms with van der Waals surface area (Å²) in [4.78, 5) is 25.2. The SMILES string of the molecule is CCCc1c(OCCCCCN2C(=O)NC(C)(C)C2=O)ccc2c1OCC2(C(F)(F)F)C(F)(F)F. The molecule has 0 aliphatic carbocycles. The van der Waals surface area contributed by atoms with Crippen molar-refractivity contribution < 1.29 is 45.4 Å². The standard InChI is InChI=1S/C23H28F6N2O4/c1-4-8-14-16(34-12-7-5-6-11-31-18(32)20(2,3)30-19(31)33)10-9-15-17(14)35-13-21(15,22(24,25)26)23(27,28)29/h9-10H,4-8,11-13H2,1-3H3,(H,30,33). The molecule has 1 N–H and O–H groups in total.